The highest BCUT2D eigenvalue weighted by molar-refractivity contribution is 5.66. The molecule has 5 rings (SSSR count). The first-order valence-corrected chi connectivity index (χ1v) is 18.6. The van der Waals surface area contributed by atoms with Gasteiger partial charge in [0.25, 0.3) is 0 Å². The molecular weight excluding hydrogens is 648 g/mol. The molecule has 0 amide bonds. The molecule has 1 saturated heterocycles. The van der Waals surface area contributed by atoms with Gasteiger partial charge in [-0.05, 0) is 111 Å². The summed E-state index contributed by atoms with van der Waals surface area (Å²) in [4.78, 5) is 16.6. The SMILES string of the molecule is C=C(C)C(CC[C@](C)(O)[C@H]1CC[C@]2(C)[C@@H]1CC[C@@H]1[C@@]3(C)C(O)C(O)C(O[C@@H]4O[C@H](CO)[C@@H](O)[C@H](O)[C@H]4OC(C)=O)C(C)(C)[C@@H]3CC[C@]12C)OO. The van der Waals surface area contributed by atoms with Gasteiger partial charge >= 0.3 is 5.97 Å². The summed E-state index contributed by atoms with van der Waals surface area (Å²) < 4.78 is 17.6. The van der Waals surface area contributed by atoms with Crippen LogP contribution in [0.15, 0.2) is 12.2 Å². The number of aliphatic hydroxyl groups excluding tert-OH is 5. The molecular formula is C38H64O12. The molecule has 0 aromatic heterocycles. The molecule has 5 fully saturated rings. The third-order valence-electron chi connectivity index (χ3n) is 15.3. The van der Waals surface area contributed by atoms with Gasteiger partial charge in [0.15, 0.2) is 12.4 Å². The first-order valence-electron chi connectivity index (χ1n) is 18.6. The van der Waals surface area contributed by atoms with E-state index in [1.165, 1.54) is 0 Å². The standard InChI is InChI=1S/C38H64O12/c1-19(2)23(50-46)13-17-37(8,45)22-12-15-35(6)21(22)10-11-26-36(35,7)16-14-25-34(4,5)32(29(43)31(44)38(25,26)9)49-33-30(47-20(3)40)28(42)27(41)24(18-39)48-33/h21-33,39,41-46H,1,10-18H2,2-9H3/t21-,22+,23?,24-,25+,26+,27-,28+,29?,30-,31?,32?,33+,35-,36-,37+,38+/m1/s1. The van der Waals surface area contributed by atoms with Gasteiger partial charge < -0.3 is 44.8 Å². The molecule has 4 saturated carbocycles. The van der Waals surface area contributed by atoms with Gasteiger partial charge in [-0.3, -0.25) is 10.1 Å². The van der Waals surface area contributed by atoms with Gasteiger partial charge in [0.05, 0.1) is 24.4 Å². The number of carbonyl (C=O) groups excluding carboxylic acids is 1. The Balaban J connectivity index is 1.41. The highest BCUT2D eigenvalue weighted by atomic mass is 17.1. The normalized spacial score (nSPS) is 48.8. The Morgan fingerprint density at radius 3 is 2.16 bits per heavy atom. The van der Waals surface area contributed by atoms with Gasteiger partial charge in [0, 0.05) is 12.3 Å². The lowest BCUT2D eigenvalue weighted by atomic mass is 9.34. The van der Waals surface area contributed by atoms with E-state index in [9.17, 15) is 40.7 Å². The lowest BCUT2D eigenvalue weighted by molar-refractivity contribution is -0.355. The van der Waals surface area contributed by atoms with Crippen LogP contribution in [0, 0.1) is 45.3 Å². The van der Waals surface area contributed by atoms with Crippen LogP contribution < -0.4 is 0 Å². The minimum atomic E-state index is -1.60. The predicted molar refractivity (Wildman–Crippen MR) is 182 cm³/mol. The first kappa shape index (κ1) is 40.0. The quantitative estimate of drug-likeness (QED) is 0.0575. The summed E-state index contributed by atoms with van der Waals surface area (Å²) in [5.41, 5.74) is -1.97. The summed E-state index contributed by atoms with van der Waals surface area (Å²) in [6.07, 6.45) is -5.10. The molecule has 5 aliphatic rings. The molecule has 4 aliphatic carbocycles. The van der Waals surface area contributed by atoms with Crippen molar-refractivity contribution in [3.05, 3.63) is 12.2 Å². The van der Waals surface area contributed by atoms with Crippen LogP contribution in [-0.4, -0.2) is 109 Å². The fourth-order valence-electron chi connectivity index (χ4n) is 12.4. The first-order chi connectivity index (χ1) is 23.1. The molecule has 12 heteroatoms. The van der Waals surface area contributed by atoms with E-state index in [0.717, 1.165) is 45.4 Å². The summed E-state index contributed by atoms with van der Waals surface area (Å²) in [5, 5.41) is 76.7. The molecule has 0 spiro atoms. The topological polar surface area (TPSA) is 196 Å². The van der Waals surface area contributed by atoms with Crippen molar-refractivity contribution in [1.29, 1.82) is 0 Å². The molecule has 17 atom stereocenters. The van der Waals surface area contributed by atoms with Crippen LogP contribution in [0.1, 0.15) is 107 Å². The molecule has 0 aromatic carbocycles. The minimum absolute atomic E-state index is 0.0636. The predicted octanol–water partition coefficient (Wildman–Crippen LogP) is 3.33. The Labute approximate surface area is 297 Å². The zero-order valence-electron chi connectivity index (χ0n) is 31.2. The van der Waals surface area contributed by atoms with Crippen LogP contribution >= 0.6 is 0 Å². The smallest absolute Gasteiger partial charge is 0.303 e. The largest absolute Gasteiger partial charge is 0.454 e. The van der Waals surface area contributed by atoms with Crippen molar-refractivity contribution in [2.45, 2.75) is 167 Å². The number of rotatable bonds is 10. The molecule has 12 nitrogen and oxygen atoms in total. The van der Waals surface area contributed by atoms with Gasteiger partial charge in [-0.25, -0.2) is 4.89 Å². The maximum absolute atomic E-state index is 12.3. The third kappa shape index (κ3) is 6.11. The van der Waals surface area contributed by atoms with Crippen LogP contribution in [0.3, 0.4) is 0 Å². The number of ether oxygens (including phenoxy) is 3. The van der Waals surface area contributed by atoms with Crippen molar-refractivity contribution in [3.8, 4) is 0 Å². The molecule has 0 aromatic rings. The third-order valence-corrected chi connectivity index (χ3v) is 15.3. The Kier molecular flexibility index (Phi) is 11.1. The fraction of sp³-hybridized carbons (Fsp3) is 0.921. The van der Waals surface area contributed by atoms with Gasteiger partial charge in [-0.2, -0.15) is 0 Å². The molecule has 288 valence electrons. The minimum Gasteiger partial charge on any atom is -0.454 e. The second-order valence-electron chi connectivity index (χ2n) is 18.1. The van der Waals surface area contributed by atoms with Crippen molar-refractivity contribution in [1.82, 2.24) is 0 Å². The average Bonchev–Trinajstić information content (AvgIpc) is 3.40. The second-order valence-corrected chi connectivity index (χ2v) is 18.1. The lowest BCUT2D eigenvalue weighted by Crippen LogP contribution is -2.73. The number of fused-ring (bicyclic) bond motifs is 5. The van der Waals surface area contributed by atoms with E-state index in [1.807, 2.05) is 20.8 Å². The fourth-order valence-corrected chi connectivity index (χ4v) is 12.4. The van der Waals surface area contributed by atoms with Gasteiger partial charge in [0.1, 0.15) is 30.5 Å². The Hall–Kier alpha value is -1.19. The number of carbonyl (C=O) groups is 1. The number of hydrogen-bond donors (Lipinski definition) is 7. The van der Waals surface area contributed by atoms with Crippen molar-refractivity contribution in [2.24, 2.45) is 45.3 Å². The number of hydrogen-bond acceptors (Lipinski definition) is 12. The molecule has 1 aliphatic heterocycles. The van der Waals surface area contributed by atoms with Crippen LogP contribution in [0.2, 0.25) is 0 Å². The zero-order chi connectivity index (χ0) is 37.4. The molecule has 7 N–H and O–H groups in total. The monoisotopic (exact) mass is 712 g/mol. The van der Waals surface area contributed by atoms with E-state index in [-0.39, 0.29) is 34.5 Å². The summed E-state index contributed by atoms with van der Waals surface area (Å²) in [7, 11) is 0. The van der Waals surface area contributed by atoms with Crippen LogP contribution in [-0.2, 0) is 23.9 Å². The Bertz CT molecular complexity index is 1260. The molecule has 1 heterocycles. The number of esters is 1. The highest BCUT2D eigenvalue weighted by Crippen LogP contribution is 2.76. The highest BCUT2D eigenvalue weighted by Gasteiger charge is 2.73. The molecule has 0 radical (unpaired) electrons. The molecule has 50 heavy (non-hydrogen) atoms. The second kappa shape index (κ2) is 13.9. The van der Waals surface area contributed by atoms with Crippen LogP contribution in [0.4, 0.5) is 0 Å². The van der Waals surface area contributed by atoms with E-state index in [4.69, 9.17) is 14.2 Å². The van der Waals surface area contributed by atoms with Crippen molar-refractivity contribution >= 4 is 5.97 Å². The summed E-state index contributed by atoms with van der Waals surface area (Å²) >= 11 is 0. The van der Waals surface area contributed by atoms with Gasteiger partial charge in [-0.15, -0.1) is 0 Å². The Morgan fingerprint density at radius 2 is 1.58 bits per heavy atom. The zero-order valence-corrected chi connectivity index (χ0v) is 31.2. The maximum atomic E-state index is 12.3. The Morgan fingerprint density at radius 1 is 0.940 bits per heavy atom. The maximum Gasteiger partial charge on any atom is 0.303 e. The van der Waals surface area contributed by atoms with Crippen molar-refractivity contribution in [3.63, 3.8) is 0 Å². The van der Waals surface area contributed by atoms with Crippen molar-refractivity contribution < 1.29 is 59.8 Å². The summed E-state index contributed by atoms with van der Waals surface area (Å²) in [5.74, 6) is -0.425. The van der Waals surface area contributed by atoms with Gasteiger partial charge in [-0.1, -0.05) is 41.2 Å². The van der Waals surface area contributed by atoms with Crippen LogP contribution in [0.5, 0.6) is 0 Å². The van der Waals surface area contributed by atoms with Crippen molar-refractivity contribution in [2.75, 3.05) is 6.61 Å². The van der Waals surface area contributed by atoms with Gasteiger partial charge in [0.2, 0.25) is 0 Å². The molecule has 0 bridgehead atoms. The lowest BCUT2D eigenvalue weighted by Gasteiger charge is -2.71. The van der Waals surface area contributed by atoms with E-state index >= 15 is 0 Å². The summed E-state index contributed by atoms with van der Waals surface area (Å²) in [6, 6.07) is 0. The van der Waals surface area contributed by atoms with E-state index in [0.29, 0.717) is 18.4 Å². The number of aliphatic hydroxyl groups is 6. The van der Waals surface area contributed by atoms with E-state index in [2.05, 4.69) is 32.2 Å². The van der Waals surface area contributed by atoms with Crippen LogP contribution in [0.25, 0.3) is 0 Å². The average molecular weight is 713 g/mol. The summed E-state index contributed by atoms with van der Waals surface area (Å²) in [6.45, 7) is 19.0. The van der Waals surface area contributed by atoms with E-state index < -0.39 is 84.1 Å². The molecule has 4 unspecified atom stereocenters. The van der Waals surface area contributed by atoms with E-state index in [1.54, 1.807) is 6.92 Å².